The topological polar surface area (TPSA) is 81.3 Å². The third-order valence-electron chi connectivity index (χ3n) is 6.76. The lowest BCUT2D eigenvalue weighted by Gasteiger charge is -2.37. The number of piperidine rings is 2. The monoisotopic (exact) mass is 431 g/mol. The number of imidazole rings is 1. The van der Waals surface area contributed by atoms with Crippen LogP contribution in [0.1, 0.15) is 37.4 Å². The zero-order valence-corrected chi connectivity index (χ0v) is 18.2. The zero-order chi connectivity index (χ0) is 21.9. The number of amides is 3. The number of H-pyrrole nitrogens is 1. The zero-order valence-electron chi connectivity index (χ0n) is 18.2. The van der Waals surface area contributed by atoms with E-state index in [2.05, 4.69) is 16.4 Å². The van der Waals surface area contributed by atoms with Crippen molar-refractivity contribution in [3.8, 4) is 0 Å². The Morgan fingerprint density at radius 1 is 0.844 bits per heavy atom. The first kappa shape index (κ1) is 20.5. The van der Waals surface area contributed by atoms with Crippen LogP contribution >= 0.6 is 0 Å². The SMILES string of the molecule is O=C(Nc1ccccc1)N1CCC(C(=O)N2CCC(c3nc4ccccc4[nH]3)CC2)CC1. The third-order valence-corrected chi connectivity index (χ3v) is 6.76. The molecule has 3 amide bonds. The molecule has 0 saturated carbocycles. The van der Waals surface area contributed by atoms with Gasteiger partial charge in [0.1, 0.15) is 5.82 Å². The molecule has 7 nitrogen and oxygen atoms in total. The molecule has 7 heteroatoms. The van der Waals surface area contributed by atoms with Gasteiger partial charge in [-0.05, 0) is 49.9 Å². The predicted octanol–water partition coefficient (Wildman–Crippen LogP) is 4.21. The minimum atomic E-state index is -0.0891. The summed E-state index contributed by atoms with van der Waals surface area (Å²) < 4.78 is 0. The number of anilines is 1. The molecular formula is C25H29N5O2. The molecule has 0 bridgehead atoms. The molecular weight excluding hydrogens is 402 g/mol. The summed E-state index contributed by atoms with van der Waals surface area (Å²) in [5, 5.41) is 2.93. The van der Waals surface area contributed by atoms with E-state index < -0.39 is 0 Å². The van der Waals surface area contributed by atoms with Crippen LogP contribution in [0.5, 0.6) is 0 Å². The van der Waals surface area contributed by atoms with Gasteiger partial charge in [-0.2, -0.15) is 0 Å². The van der Waals surface area contributed by atoms with Crippen LogP contribution in [0, 0.1) is 5.92 Å². The van der Waals surface area contributed by atoms with Crippen LogP contribution < -0.4 is 5.32 Å². The van der Waals surface area contributed by atoms with Gasteiger partial charge in [-0.1, -0.05) is 30.3 Å². The fourth-order valence-electron chi connectivity index (χ4n) is 4.85. The summed E-state index contributed by atoms with van der Waals surface area (Å²) in [4.78, 5) is 37.6. The number of hydrogen-bond donors (Lipinski definition) is 2. The number of carbonyl (C=O) groups is 2. The van der Waals surface area contributed by atoms with Crippen molar-refractivity contribution in [2.75, 3.05) is 31.5 Å². The number of aromatic nitrogens is 2. The molecule has 1 aromatic heterocycles. The Balaban J connectivity index is 1.11. The van der Waals surface area contributed by atoms with E-state index in [4.69, 9.17) is 4.98 Å². The number of likely N-dealkylation sites (tertiary alicyclic amines) is 2. The maximum absolute atomic E-state index is 13.1. The Bertz CT molecular complexity index is 1050. The summed E-state index contributed by atoms with van der Waals surface area (Å²) in [7, 11) is 0. The van der Waals surface area contributed by atoms with Gasteiger partial charge in [-0.15, -0.1) is 0 Å². The molecule has 0 radical (unpaired) electrons. The average Bonchev–Trinajstić information content (AvgIpc) is 3.29. The molecule has 2 saturated heterocycles. The van der Waals surface area contributed by atoms with Gasteiger partial charge >= 0.3 is 6.03 Å². The van der Waals surface area contributed by atoms with Gasteiger partial charge in [-0.25, -0.2) is 9.78 Å². The predicted molar refractivity (Wildman–Crippen MR) is 124 cm³/mol. The summed E-state index contributed by atoms with van der Waals surface area (Å²) in [6, 6.07) is 17.5. The molecule has 5 rings (SSSR count). The van der Waals surface area contributed by atoms with E-state index in [1.54, 1.807) is 0 Å². The third kappa shape index (κ3) is 4.33. The van der Waals surface area contributed by atoms with Crippen LogP contribution in [0.3, 0.4) is 0 Å². The van der Waals surface area contributed by atoms with E-state index >= 15 is 0 Å². The van der Waals surface area contributed by atoms with Gasteiger partial charge < -0.3 is 20.1 Å². The van der Waals surface area contributed by atoms with Gasteiger partial charge in [0.2, 0.25) is 5.91 Å². The maximum Gasteiger partial charge on any atom is 0.321 e. The van der Waals surface area contributed by atoms with E-state index in [0.717, 1.165) is 61.3 Å². The van der Waals surface area contributed by atoms with E-state index in [-0.39, 0.29) is 17.9 Å². The normalized spacial score (nSPS) is 18.1. The van der Waals surface area contributed by atoms with Crippen LogP contribution in [0.4, 0.5) is 10.5 Å². The van der Waals surface area contributed by atoms with Crippen molar-refractivity contribution in [2.45, 2.75) is 31.6 Å². The first-order valence-corrected chi connectivity index (χ1v) is 11.5. The van der Waals surface area contributed by atoms with Gasteiger partial charge in [0.25, 0.3) is 0 Å². The van der Waals surface area contributed by atoms with E-state index in [9.17, 15) is 9.59 Å². The lowest BCUT2D eigenvalue weighted by Crippen LogP contribution is -2.47. The highest BCUT2D eigenvalue weighted by Crippen LogP contribution is 2.29. The van der Waals surface area contributed by atoms with Crippen molar-refractivity contribution >= 4 is 28.7 Å². The van der Waals surface area contributed by atoms with E-state index in [0.29, 0.717) is 19.0 Å². The van der Waals surface area contributed by atoms with Crippen molar-refractivity contribution < 1.29 is 9.59 Å². The largest absolute Gasteiger partial charge is 0.342 e. The number of rotatable bonds is 3. The Hall–Kier alpha value is -3.35. The lowest BCUT2D eigenvalue weighted by molar-refractivity contribution is -0.138. The summed E-state index contributed by atoms with van der Waals surface area (Å²) in [6.07, 6.45) is 3.32. The molecule has 2 fully saturated rings. The molecule has 3 aromatic rings. The molecule has 3 heterocycles. The number of hydrogen-bond acceptors (Lipinski definition) is 3. The Morgan fingerprint density at radius 2 is 1.50 bits per heavy atom. The first-order chi connectivity index (χ1) is 15.7. The molecule has 2 aliphatic rings. The van der Waals surface area contributed by atoms with Crippen LogP contribution in [0.15, 0.2) is 54.6 Å². The van der Waals surface area contributed by atoms with Crippen LogP contribution in [-0.4, -0.2) is 57.9 Å². The Morgan fingerprint density at radius 3 is 2.22 bits per heavy atom. The first-order valence-electron chi connectivity index (χ1n) is 11.5. The highest BCUT2D eigenvalue weighted by atomic mass is 16.2. The molecule has 0 atom stereocenters. The summed E-state index contributed by atoms with van der Waals surface area (Å²) >= 11 is 0. The Kier molecular flexibility index (Phi) is 5.79. The number of fused-ring (bicyclic) bond motifs is 1. The number of nitrogens with one attached hydrogen (secondary N) is 2. The average molecular weight is 432 g/mol. The minimum absolute atomic E-state index is 0.0125. The van der Waals surface area contributed by atoms with Crippen molar-refractivity contribution in [1.82, 2.24) is 19.8 Å². The quantitative estimate of drug-likeness (QED) is 0.652. The molecule has 32 heavy (non-hydrogen) atoms. The van der Waals surface area contributed by atoms with Crippen LogP contribution in [-0.2, 0) is 4.79 Å². The standard InChI is InChI=1S/C25H29N5O2/c31-24(19-12-16-30(17-13-19)25(32)26-20-6-2-1-3-7-20)29-14-10-18(11-15-29)23-27-21-8-4-5-9-22(21)28-23/h1-9,18-19H,10-17H2,(H,26,32)(H,27,28). The number of para-hydroxylation sites is 3. The molecule has 0 unspecified atom stereocenters. The summed E-state index contributed by atoms with van der Waals surface area (Å²) in [6.45, 7) is 2.78. The molecule has 2 aromatic carbocycles. The van der Waals surface area contributed by atoms with Crippen molar-refractivity contribution in [1.29, 1.82) is 0 Å². The van der Waals surface area contributed by atoms with Gasteiger partial charge in [0, 0.05) is 43.7 Å². The number of nitrogens with zero attached hydrogens (tertiary/aromatic N) is 3. The van der Waals surface area contributed by atoms with Gasteiger partial charge in [-0.3, -0.25) is 4.79 Å². The molecule has 0 aliphatic carbocycles. The molecule has 2 aliphatic heterocycles. The molecule has 0 spiro atoms. The number of urea groups is 1. The fraction of sp³-hybridized carbons (Fsp3) is 0.400. The molecule has 2 N–H and O–H groups in total. The van der Waals surface area contributed by atoms with E-state index in [1.807, 2.05) is 58.3 Å². The van der Waals surface area contributed by atoms with Crippen molar-refractivity contribution in [2.24, 2.45) is 5.92 Å². The second kappa shape index (κ2) is 9.02. The minimum Gasteiger partial charge on any atom is -0.342 e. The second-order valence-electron chi connectivity index (χ2n) is 8.80. The van der Waals surface area contributed by atoms with Crippen LogP contribution in [0.2, 0.25) is 0 Å². The maximum atomic E-state index is 13.1. The number of aromatic amines is 1. The van der Waals surface area contributed by atoms with Crippen LogP contribution in [0.25, 0.3) is 11.0 Å². The summed E-state index contributed by atoms with van der Waals surface area (Å²) in [5.74, 6) is 1.67. The summed E-state index contributed by atoms with van der Waals surface area (Å²) in [5.41, 5.74) is 2.87. The smallest absolute Gasteiger partial charge is 0.321 e. The van der Waals surface area contributed by atoms with Gasteiger partial charge in [0.15, 0.2) is 0 Å². The fourth-order valence-corrected chi connectivity index (χ4v) is 4.85. The lowest BCUT2D eigenvalue weighted by atomic mass is 9.92. The highest BCUT2D eigenvalue weighted by Gasteiger charge is 2.33. The van der Waals surface area contributed by atoms with Gasteiger partial charge in [0.05, 0.1) is 11.0 Å². The highest BCUT2D eigenvalue weighted by molar-refractivity contribution is 5.89. The number of benzene rings is 2. The molecule has 166 valence electrons. The second-order valence-corrected chi connectivity index (χ2v) is 8.80. The van der Waals surface area contributed by atoms with E-state index in [1.165, 1.54) is 0 Å². The number of carbonyl (C=O) groups excluding carboxylic acids is 2. The Labute approximate surface area is 187 Å². The van der Waals surface area contributed by atoms with Crippen molar-refractivity contribution in [3.05, 3.63) is 60.4 Å². The van der Waals surface area contributed by atoms with Crippen molar-refractivity contribution in [3.63, 3.8) is 0 Å².